The molecule has 1 aliphatic rings. The van der Waals surface area contributed by atoms with Crippen molar-refractivity contribution in [1.82, 2.24) is 25.4 Å². The lowest BCUT2D eigenvalue weighted by molar-refractivity contribution is 0.176. The first-order valence-electron chi connectivity index (χ1n) is 7.93. The van der Waals surface area contributed by atoms with Crippen molar-refractivity contribution < 1.29 is 9.50 Å². The van der Waals surface area contributed by atoms with Crippen LogP contribution in [0.2, 0.25) is 0 Å². The topological polar surface area (TPSA) is 87.4 Å². The molecule has 2 unspecified atom stereocenters. The maximum absolute atomic E-state index is 13.7. The molecule has 8 heteroatoms. The molecule has 0 amide bonds. The maximum Gasteiger partial charge on any atom is 0.191 e. The lowest BCUT2D eigenvalue weighted by Crippen LogP contribution is -2.47. The summed E-state index contributed by atoms with van der Waals surface area (Å²) in [5.41, 5.74) is 0.269. The quantitative estimate of drug-likeness (QED) is 0.565. The van der Waals surface area contributed by atoms with Crippen molar-refractivity contribution >= 4 is 5.96 Å². The molecular weight excluding hydrogens is 311 g/mol. The molecule has 2 heterocycles. The van der Waals surface area contributed by atoms with E-state index in [0.717, 1.165) is 18.7 Å². The maximum atomic E-state index is 13.7. The summed E-state index contributed by atoms with van der Waals surface area (Å²) in [7, 11) is 1.66. The fourth-order valence-electron chi connectivity index (χ4n) is 2.79. The van der Waals surface area contributed by atoms with E-state index in [1.807, 2.05) is 4.68 Å². The van der Waals surface area contributed by atoms with Crippen LogP contribution in [-0.4, -0.2) is 45.5 Å². The van der Waals surface area contributed by atoms with Gasteiger partial charge < -0.3 is 15.7 Å². The number of guanidine groups is 1. The van der Waals surface area contributed by atoms with E-state index in [9.17, 15) is 9.50 Å². The first kappa shape index (κ1) is 16.4. The van der Waals surface area contributed by atoms with Crippen molar-refractivity contribution in [2.45, 2.75) is 31.5 Å². The molecule has 0 aliphatic carbocycles. The van der Waals surface area contributed by atoms with Gasteiger partial charge in [-0.05, 0) is 12.5 Å². The molecule has 3 rings (SSSR count). The van der Waals surface area contributed by atoms with Crippen molar-refractivity contribution in [3.63, 3.8) is 0 Å². The number of benzene rings is 1. The SMILES string of the molecule is CN=C(NCC(O)c1ccccc1F)NC1CCc2ncnn2C1. The molecule has 0 saturated heterocycles. The molecule has 24 heavy (non-hydrogen) atoms. The summed E-state index contributed by atoms with van der Waals surface area (Å²) in [6.07, 6.45) is 2.40. The Hall–Kier alpha value is -2.48. The van der Waals surface area contributed by atoms with E-state index in [1.54, 1.807) is 31.6 Å². The van der Waals surface area contributed by atoms with Gasteiger partial charge in [0.05, 0.1) is 12.6 Å². The number of rotatable bonds is 4. The average molecular weight is 332 g/mol. The summed E-state index contributed by atoms with van der Waals surface area (Å²) in [4.78, 5) is 8.36. The molecule has 1 aliphatic heterocycles. The molecule has 2 atom stereocenters. The largest absolute Gasteiger partial charge is 0.386 e. The van der Waals surface area contributed by atoms with E-state index in [-0.39, 0.29) is 18.2 Å². The van der Waals surface area contributed by atoms with E-state index in [0.29, 0.717) is 12.5 Å². The number of halogens is 1. The highest BCUT2D eigenvalue weighted by Gasteiger charge is 2.21. The van der Waals surface area contributed by atoms with Gasteiger partial charge in [-0.1, -0.05) is 18.2 Å². The van der Waals surface area contributed by atoms with Gasteiger partial charge in [0.2, 0.25) is 0 Å². The number of hydrogen-bond donors (Lipinski definition) is 3. The second kappa shape index (κ2) is 7.39. The summed E-state index contributed by atoms with van der Waals surface area (Å²) >= 11 is 0. The summed E-state index contributed by atoms with van der Waals surface area (Å²) in [5, 5.41) is 20.7. The zero-order valence-electron chi connectivity index (χ0n) is 13.5. The van der Waals surface area contributed by atoms with Crippen LogP contribution in [0.3, 0.4) is 0 Å². The van der Waals surface area contributed by atoms with Crippen LogP contribution in [0.15, 0.2) is 35.6 Å². The molecule has 0 bridgehead atoms. The van der Waals surface area contributed by atoms with Gasteiger partial charge in [0.15, 0.2) is 5.96 Å². The smallest absolute Gasteiger partial charge is 0.191 e. The van der Waals surface area contributed by atoms with Gasteiger partial charge in [-0.3, -0.25) is 4.99 Å². The van der Waals surface area contributed by atoms with Crippen LogP contribution in [0.5, 0.6) is 0 Å². The van der Waals surface area contributed by atoms with Crippen LogP contribution >= 0.6 is 0 Å². The third-order valence-electron chi connectivity index (χ3n) is 4.10. The van der Waals surface area contributed by atoms with Crippen molar-refractivity contribution in [2.75, 3.05) is 13.6 Å². The van der Waals surface area contributed by atoms with Crippen molar-refractivity contribution in [3.05, 3.63) is 47.8 Å². The molecule has 3 N–H and O–H groups in total. The highest BCUT2D eigenvalue weighted by atomic mass is 19.1. The van der Waals surface area contributed by atoms with Crippen LogP contribution in [0.4, 0.5) is 4.39 Å². The van der Waals surface area contributed by atoms with E-state index in [1.165, 1.54) is 6.07 Å². The summed E-state index contributed by atoms with van der Waals surface area (Å²) in [5.74, 6) is 1.14. The van der Waals surface area contributed by atoms with Gasteiger partial charge in [0.25, 0.3) is 0 Å². The predicted molar refractivity (Wildman–Crippen MR) is 88.0 cm³/mol. The number of nitrogens with one attached hydrogen (secondary N) is 2. The lowest BCUT2D eigenvalue weighted by Gasteiger charge is -2.26. The Labute approximate surface area is 139 Å². The second-order valence-corrected chi connectivity index (χ2v) is 5.73. The highest BCUT2D eigenvalue weighted by molar-refractivity contribution is 5.80. The van der Waals surface area contributed by atoms with Crippen LogP contribution in [0.1, 0.15) is 23.9 Å². The number of aliphatic hydroxyl groups excluding tert-OH is 1. The van der Waals surface area contributed by atoms with E-state index in [4.69, 9.17) is 0 Å². The minimum absolute atomic E-state index is 0.169. The average Bonchev–Trinajstić information content (AvgIpc) is 3.06. The fourth-order valence-corrected chi connectivity index (χ4v) is 2.79. The number of aryl methyl sites for hydroxylation is 1. The minimum atomic E-state index is -0.946. The third-order valence-corrected chi connectivity index (χ3v) is 4.10. The van der Waals surface area contributed by atoms with Gasteiger partial charge in [0.1, 0.15) is 18.0 Å². The molecule has 0 spiro atoms. The van der Waals surface area contributed by atoms with E-state index in [2.05, 4.69) is 25.7 Å². The first-order chi connectivity index (χ1) is 11.7. The van der Waals surface area contributed by atoms with Gasteiger partial charge in [-0.2, -0.15) is 5.10 Å². The molecule has 2 aromatic rings. The van der Waals surface area contributed by atoms with Crippen LogP contribution in [0, 0.1) is 5.82 Å². The minimum Gasteiger partial charge on any atom is -0.386 e. The summed E-state index contributed by atoms with van der Waals surface area (Å²) in [6, 6.07) is 6.39. The zero-order valence-corrected chi connectivity index (χ0v) is 13.5. The molecule has 128 valence electrons. The molecule has 7 nitrogen and oxygen atoms in total. The zero-order chi connectivity index (χ0) is 16.9. The van der Waals surface area contributed by atoms with E-state index >= 15 is 0 Å². The number of aliphatic imine (C=N–C) groups is 1. The normalized spacial score (nSPS) is 18.8. The first-order valence-corrected chi connectivity index (χ1v) is 7.93. The third kappa shape index (κ3) is 3.70. The Morgan fingerprint density at radius 1 is 1.50 bits per heavy atom. The van der Waals surface area contributed by atoms with Crippen LogP contribution in [0.25, 0.3) is 0 Å². The Balaban J connectivity index is 1.53. The monoisotopic (exact) mass is 332 g/mol. The Morgan fingerprint density at radius 3 is 3.12 bits per heavy atom. The molecule has 1 aromatic heterocycles. The summed E-state index contributed by atoms with van der Waals surface area (Å²) in [6.45, 7) is 0.883. The number of aliphatic hydroxyl groups is 1. The number of fused-ring (bicyclic) bond motifs is 1. The Bertz CT molecular complexity index is 716. The van der Waals surface area contributed by atoms with Gasteiger partial charge in [-0.25, -0.2) is 14.1 Å². The predicted octanol–water partition coefficient (Wildman–Crippen LogP) is 0.631. The lowest BCUT2D eigenvalue weighted by atomic mass is 10.1. The molecule has 0 fully saturated rings. The van der Waals surface area contributed by atoms with Gasteiger partial charge in [-0.15, -0.1) is 0 Å². The molecular formula is C16H21FN6O. The van der Waals surface area contributed by atoms with Crippen LogP contribution < -0.4 is 10.6 Å². The fraction of sp³-hybridized carbons (Fsp3) is 0.438. The standard InChI is InChI=1S/C16H21FN6O/c1-18-16(19-8-14(24)12-4-2-3-5-13(12)17)22-11-6-7-15-20-10-21-23(15)9-11/h2-5,10-11,14,24H,6-9H2,1H3,(H2,18,19,22). The molecule has 1 aromatic carbocycles. The van der Waals surface area contributed by atoms with Crippen LogP contribution in [-0.2, 0) is 13.0 Å². The Morgan fingerprint density at radius 2 is 2.33 bits per heavy atom. The van der Waals surface area contributed by atoms with Gasteiger partial charge in [0, 0.05) is 31.6 Å². The van der Waals surface area contributed by atoms with E-state index < -0.39 is 11.9 Å². The number of aromatic nitrogens is 3. The van der Waals surface area contributed by atoms with Gasteiger partial charge >= 0.3 is 0 Å². The number of nitrogens with zero attached hydrogens (tertiary/aromatic N) is 4. The van der Waals surface area contributed by atoms with Crippen molar-refractivity contribution in [3.8, 4) is 0 Å². The van der Waals surface area contributed by atoms with Crippen molar-refractivity contribution in [2.24, 2.45) is 4.99 Å². The number of hydrogen-bond acceptors (Lipinski definition) is 4. The summed E-state index contributed by atoms with van der Waals surface area (Å²) < 4.78 is 15.6. The highest BCUT2D eigenvalue weighted by Crippen LogP contribution is 2.15. The Kier molecular flexibility index (Phi) is 5.05. The van der Waals surface area contributed by atoms with Crippen molar-refractivity contribution in [1.29, 1.82) is 0 Å². The molecule has 0 saturated carbocycles. The second-order valence-electron chi connectivity index (χ2n) is 5.73. The molecule has 0 radical (unpaired) electrons.